The number of thiazole rings is 1. The first-order valence-electron chi connectivity index (χ1n) is 9.49. The van der Waals surface area contributed by atoms with Crippen LogP contribution < -0.4 is 20.1 Å². The van der Waals surface area contributed by atoms with E-state index in [4.69, 9.17) is 9.47 Å². The summed E-state index contributed by atoms with van der Waals surface area (Å²) < 4.78 is 25.9. The molecule has 30 heavy (non-hydrogen) atoms. The minimum Gasteiger partial charge on any atom is -0.486 e. The van der Waals surface area contributed by atoms with E-state index in [1.807, 2.05) is 6.07 Å². The Balaban J connectivity index is 1.51. The Kier molecular flexibility index (Phi) is 5.54. The summed E-state index contributed by atoms with van der Waals surface area (Å²) in [4.78, 5) is 29.7. The van der Waals surface area contributed by atoms with E-state index >= 15 is 0 Å². The van der Waals surface area contributed by atoms with E-state index in [1.54, 1.807) is 26.0 Å². The van der Waals surface area contributed by atoms with Crippen molar-refractivity contribution in [2.45, 2.75) is 19.9 Å². The number of carbonyl (C=O) groups excluding carboxylic acids is 2. The molecule has 9 heteroatoms. The molecule has 0 bridgehead atoms. The van der Waals surface area contributed by atoms with Crippen LogP contribution in [-0.2, 0) is 4.79 Å². The zero-order valence-corrected chi connectivity index (χ0v) is 17.2. The number of hydrogen-bond donors (Lipinski definition) is 2. The van der Waals surface area contributed by atoms with Gasteiger partial charge in [0.25, 0.3) is 5.91 Å². The number of amides is 2. The summed E-state index contributed by atoms with van der Waals surface area (Å²) in [6.07, 6.45) is 0. The molecule has 1 aliphatic rings. The maximum Gasteiger partial charge on any atom is 0.254 e. The van der Waals surface area contributed by atoms with Crippen molar-refractivity contribution in [1.29, 1.82) is 0 Å². The lowest BCUT2D eigenvalue weighted by Crippen LogP contribution is -2.47. The summed E-state index contributed by atoms with van der Waals surface area (Å²) in [6, 6.07) is 8.39. The Labute approximate surface area is 176 Å². The zero-order valence-electron chi connectivity index (χ0n) is 16.4. The van der Waals surface area contributed by atoms with E-state index in [0.29, 0.717) is 35.4 Å². The predicted octanol–water partition coefficient (Wildman–Crippen LogP) is 3.60. The van der Waals surface area contributed by atoms with E-state index in [2.05, 4.69) is 15.6 Å². The van der Waals surface area contributed by atoms with Gasteiger partial charge in [-0.2, -0.15) is 0 Å². The molecule has 2 amide bonds. The standard InChI is InChI=1S/C21H20FN3O4S/c1-11(2)18(24-19(26)12-5-3-4-6-13(12)22)20(27)25-21-23-14-9-15-16(10-17(14)30-21)29-8-7-28-15/h3-6,9-11,18H,7-8H2,1-2H3,(H,24,26)(H,23,25,27)/t18-/m1/s1. The number of anilines is 1. The van der Waals surface area contributed by atoms with Gasteiger partial charge >= 0.3 is 0 Å². The van der Waals surface area contributed by atoms with Crippen molar-refractivity contribution in [1.82, 2.24) is 10.3 Å². The van der Waals surface area contributed by atoms with Crippen LogP contribution >= 0.6 is 11.3 Å². The van der Waals surface area contributed by atoms with Gasteiger partial charge in [0.15, 0.2) is 16.6 Å². The summed E-state index contributed by atoms with van der Waals surface area (Å²) in [5.74, 6) is -0.664. The lowest BCUT2D eigenvalue weighted by atomic mass is 10.0. The number of nitrogens with zero attached hydrogens (tertiary/aromatic N) is 1. The summed E-state index contributed by atoms with van der Waals surface area (Å²) in [5, 5.41) is 5.76. The number of hydrogen-bond acceptors (Lipinski definition) is 6. The fourth-order valence-corrected chi connectivity index (χ4v) is 3.98. The van der Waals surface area contributed by atoms with Crippen molar-refractivity contribution >= 4 is 38.5 Å². The summed E-state index contributed by atoms with van der Waals surface area (Å²) >= 11 is 1.29. The molecule has 1 atom stereocenters. The lowest BCUT2D eigenvalue weighted by Gasteiger charge is -2.21. The van der Waals surface area contributed by atoms with Crippen LogP contribution in [0.3, 0.4) is 0 Å². The first kappa shape index (κ1) is 20.1. The van der Waals surface area contributed by atoms with E-state index in [1.165, 1.54) is 29.5 Å². The van der Waals surface area contributed by atoms with E-state index < -0.39 is 23.7 Å². The molecule has 2 aromatic carbocycles. The van der Waals surface area contributed by atoms with Crippen LogP contribution in [0, 0.1) is 11.7 Å². The number of fused-ring (bicyclic) bond motifs is 2. The fraction of sp³-hybridized carbons (Fsp3) is 0.286. The first-order valence-corrected chi connectivity index (χ1v) is 10.3. The number of nitrogens with one attached hydrogen (secondary N) is 2. The van der Waals surface area contributed by atoms with Crippen LogP contribution in [-0.4, -0.2) is 36.1 Å². The number of carbonyl (C=O) groups is 2. The Morgan fingerprint density at radius 2 is 1.83 bits per heavy atom. The molecule has 0 aliphatic carbocycles. The van der Waals surface area contributed by atoms with Gasteiger partial charge in [-0.3, -0.25) is 9.59 Å². The third kappa shape index (κ3) is 4.06. The average molecular weight is 429 g/mol. The van der Waals surface area contributed by atoms with E-state index in [9.17, 15) is 14.0 Å². The number of aromatic nitrogens is 1. The Morgan fingerprint density at radius 1 is 1.13 bits per heavy atom. The molecule has 1 aromatic heterocycles. The van der Waals surface area contributed by atoms with Crippen molar-refractivity contribution in [3.8, 4) is 11.5 Å². The number of ether oxygens (including phenoxy) is 2. The largest absolute Gasteiger partial charge is 0.486 e. The molecule has 3 aromatic rings. The van der Waals surface area contributed by atoms with E-state index in [-0.39, 0.29) is 11.5 Å². The van der Waals surface area contributed by atoms with Crippen molar-refractivity contribution in [2.75, 3.05) is 18.5 Å². The van der Waals surface area contributed by atoms with Gasteiger partial charge in [0, 0.05) is 12.1 Å². The molecular formula is C21H20FN3O4S. The summed E-state index contributed by atoms with van der Waals surface area (Å²) in [6.45, 7) is 4.56. The number of rotatable bonds is 5. The molecule has 0 fully saturated rings. The topological polar surface area (TPSA) is 89.6 Å². The third-order valence-corrected chi connectivity index (χ3v) is 5.57. The Hall–Kier alpha value is -3.20. The molecule has 0 unspecified atom stereocenters. The van der Waals surface area contributed by atoms with Gasteiger partial charge in [-0.1, -0.05) is 37.3 Å². The van der Waals surface area contributed by atoms with Gasteiger partial charge in [-0.15, -0.1) is 0 Å². The SMILES string of the molecule is CC(C)[C@@H](NC(=O)c1ccccc1F)C(=O)Nc1nc2cc3c(cc2s1)OCCO3. The molecule has 4 rings (SSSR count). The smallest absolute Gasteiger partial charge is 0.254 e. The van der Waals surface area contributed by atoms with Gasteiger partial charge in [0.05, 0.1) is 15.8 Å². The van der Waals surface area contributed by atoms with Crippen molar-refractivity contribution in [3.63, 3.8) is 0 Å². The summed E-state index contributed by atoms with van der Waals surface area (Å²) in [7, 11) is 0. The Morgan fingerprint density at radius 3 is 2.53 bits per heavy atom. The van der Waals surface area contributed by atoms with Crippen LogP contribution in [0.1, 0.15) is 24.2 Å². The zero-order chi connectivity index (χ0) is 21.3. The van der Waals surface area contributed by atoms with Crippen molar-refractivity contribution < 1.29 is 23.5 Å². The molecule has 0 radical (unpaired) electrons. The van der Waals surface area contributed by atoms with Crippen LogP contribution in [0.2, 0.25) is 0 Å². The average Bonchev–Trinajstić information content (AvgIpc) is 3.10. The maximum absolute atomic E-state index is 13.9. The highest BCUT2D eigenvalue weighted by molar-refractivity contribution is 7.22. The number of halogens is 1. The fourth-order valence-electron chi connectivity index (χ4n) is 3.10. The van der Waals surface area contributed by atoms with Gasteiger partial charge in [-0.25, -0.2) is 9.37 Å². The van der Waals surface area contributed by atoms with Crippen LogP contribution in [0.5, 0.6) is 11.5 Å². The third-order valence-electron chi connectivity index (χ3n) is 4.64. The molecule has 2 heterocycles. The number of benzene rings is 2. The van der Waals surface area contributed by atoms with Crippen LogP contribution in [0.4, 0.5) is 9.52 Å². The second-order valence-electron chi connectivity index (χ2n) is 7.15. The quantitative estimate of drug-likeness (QED) is 0.647. The van der Waals surface area contributed by atoms with Gasteiger partial charge in [0.1, 0.15) is 25.1 Å². The van der Waals surface area contributed by atoms with Gasteiger partial charge in [0.2, 0.25) is 5.91 Å². The second kappa shape index (κ2) is 8.27. The Bertz CT molecular complexity index is 1070. The second-order valence-corrected chi connectivity index (χ2v) is 8.18. The van der Waals surface area contributed by atoms with Gasteiger partial charge in [-0.05, 0) is 18.1 Å². The predicted molar refractivity (Wildman–Crippen MR) is 112 cm³/mol. The highest BCUT2D eigenvalue weighted by Crippen LogP contribution is 2.37. The molecule has 1 aliphatic heterocycles. The van der Waals surface area contributed by atoms with Crippen molar-refractivity contribution in [3.05, 3.63) is 47.8 Å². The molecule has 0 saturated heterocycles. The molecule has 0 spiro atoms. The van der Waals surface area contributed by atoms with Crippen LogP contribution in [0.25, 0.3) is 10.2 Å². The summed E-state index contributed by atoms with van der Waals surface area (Å²) in [5.41, 5.74) is 0.567. The van der Waals surface area contributed by atoms with Crippen molar-refractivity contribution in [2.24, 2.45) is 5.92 Å². The normalized spacial score (nSPS) is 13.9. The highest BCUT2D eigenvalue weighted by Gasteiger charge is 2.26. The molecule has 2 N–H and O–H groups in total. The highest BCUT2D eigenvalue weighted by atomic mass is 32.1. The van der Waals surface area contributed by atoms with Gasteiger partial charge < -0.3 is 20.1 Å². The minimum absolute atomic E-state index is 0.110. The first-order chi connectivity index (χ1) is 14.4. The minimum atomic E-state index is -0.857. The molecule has 7 nitrogen and oxygen atoms in total. The molecule has 156 valence electrons. The lowest BCUT2D eigenvalue weighted by molar-refractivity contribution is -0.118. The molecule has 0 saturated carbocycles. The monoisotopic (exact) mass is 429 g/mol. The maximum atomic E-state index is 13.9. The molecular weight excluding hydrogens is 409 g/mol. The van der Waals surface area contributed by atoms with E-state index in [0.717, 1.165) is 4.70 Å². The van der Waals surface area contributed by atoms with Crippen LogP contribution in [0.15, 0.2) is 36.4 Å².